The monoisotopic (exact) mass is 285 g/mol. The van der Waals surface area contributed by atoms with Gasteiger partial charge in [-0.3, -0.25) is 9.59 Å². The molecule has 2 aliphatic rings. The normalized spacial score (nSPS) is 24.6. The third-order valence-electron chi connectivity index (χ3n) is 5.11. The minimum absolute atomic E-state index is 0.112. The molecule has 1 atom stereocenters. The largest absolute Gasteiger partial charge is 0.312 e. The Labute approximate surface area is 126 Å². The van der Waals surface area contributed by atoms with Crippen molar-refractivity contribution >= 4 is 17.4 Å². The molecular weight excluding hydrogens is 262 g/mol. The Morgan fingerprint density at radius 1 is 1.19 bits per heavy atom. The zero-order valence-corrected chi connectivity index (χ0v) is 12.9. The molecule has 3 nitrogen and oxygen atoms in total. The summed E-state index contributed by atoms with van der Waals surface area (Å²) in [6.45, 7) is 5.18. The quantitative estimate of drug-likeness (QED) is 0.792. The molecule has 1 saturated heterocycles. The highest BCUT2D eigenvalue weighted by Gasteiger charge is 2.39. The summed E-state index contributed by atoms with van der Waals surface area (Å²) < 4.78 is 0. The van der Waals surface area contributed by atoms with Crippen molar-refractivity contribution in [3.8, 4) is 0 Å². The molecule has 0 radical (unpaired) electrons. The summed E-state index contributed by atoms with van der Waals surface area (Å²) in [6.07, 6.45) is 4.83. The SMILES string of the molecule is CC1(C)CCCC1C(=O)c1ccc(N2CCCC2=O)cc1. The first-order chi connectivity index (χ1) is 9.99. The third kappa shape index (κ3) is 2.61. The van der Waals surface area contributed by atoms with Crippen molar-refractivity contribution in [1.29, 1.82) is 0 Å². The van der Waals surface area contributed by atoms with E-state index in [1.807, 2.05) is 29.2 Å². The molecule has 1 aromatic rings. The zero-order chi connectivity index (χ0) is 15.0. The molecule has 3 rings (SSSR count). The molecular formula is C18H23NO2. The van der Waals surface area contributed by atoms with Crippen LogP contribution in [-0.2, 0) is 4.79 Å². The molecule has 0 bridgehead atoms. The van der Waals surface area contributed by atoms with Crippen molar-refractivity contribution < 1.29 is 9.59 Å². The van der Waals surface area contributed by atoms with Gasteiger partial charge >= 0.3 is 0 Å². The number of anilines is 1. The molecule has 2 fully saturated rings. The van der Waals surface area contributed by atoms with Crippen LogP contribution in [0.15, 0.2) is 24.3 Å². The molecule has 3 heteroatoms. The Bertz CT molecular complexity index is 559. The summed E-state index contributed by atoms with van der Waals surface area (Å²) in [5.74, 6) is 0.583. The van der Waals surface area contributed by atoms with Crippen LogP contribution in [-0.4, -0.2) is 18.2 Å². The number of benzene rings is 1. The summed E-state index contributed by atoms with van der Waals surface area (Å²) in [7, 11) is 0. The summed E-state index contributed by atoms with van der Waals surface area (Å²) in [6, 6.07) is 7.60. The van der Waals surface area contributed by atoms with Gasteiger partial charge in [-0.1, -0.05) is 20.3 Å². The average Bonchev–Trinajstić information content (AvgIpc) is 3.03. The van der Waals surface area contributed by atoms with E-state index in [4.69, 9.17) is 0 Å². The lowest BCUT2D eigenvalue weighted by Gasteiger charge is -2.26. The van der Waals surface area contributed by atoms with E-state index >= 15 is 0 Å². The first-order valence-corrected chi connectivity index (χ1v) is 7.94. The molecule has 112 valence electrons. The number of hydrogen-bond acceptors (Lipinski definition) is 2. The smallest absolute Gasteiger partial charge is 0.227 e. The molecule has 1 amide bonds. The Balaban J connectivity index is 1.78. The fourth-order valence-electron chi connectivity index (χ4n) is 3.74. The van der Waals surface area contributed by atoms with Gasteiger partial charge in [0.05, 0.1) is 0 Å². The van der Waals surface area contributed by atoms with E-state index in [0.717, 1.165) is 43.5 Å². The maximum Gasteiger partial charge on any atom is 0.227 e. The zero-order valence-electron chi connectivity index (χ0n) is 12.9. The molecule has 1 aliphatic carbocycles. The van der Waals surface area contributed by atoms with Gasteiger partial charge in [-0.15, -0.1) is 0 Å². The maximum absolute atomic E-state index is 12.7. The van der Waals surface area contributed by atoms with Crippen LogP contribution < -0.4 is 4.90 Å². The Kier molecular flexibility index (Phi) is 3.60. The van der Waals surface area contributed by atoms with E-state index < -0.39 is 0 Å². The minimum atomic E-state index is 0.112. The van der Waals surface area contributed by atoms with Gasteiger partial charge in [0.1, 0.15) is 0 Å². The van der Waals surface area contributed by atoms with Gasteiger partial charge in [0.15, 0.2) is 5.78 Å². The van der Waals surface area contributed by atoms with Crippen LogP contribution >= 0.6 is 0 Å². The van der Waals surface area contributed by atoms with Crippen LogP contribution in [0.2, 0.25) is 0 Å². The number of amides is 1. The van der Waals surface area contributed by atoms with Gasteiger partial charge in [-0.05, 0) is 48.9 Å². The first-order valence-electron chi connectivity index (χ1n) is 7.94. The van der Waals surface area contributed by atoms with E-state index in [0.29, 0.717) is 6.42 Å². The number of carbonyl (C=O) groups is 2. The molecule has 0 N–H and O–H groups in total. The van der Waals surface area contributed by atoms with Crippen molar-refractivity contribution in [2.75, 3.05) is 11.4 Å². The molecule has 1 saturated carbocycles. The molecule has 1 heterocycles. The lowest BCUT2D eigenvalue weighted by atomic mass is 9.78. The summed E-state index contributed by atoms with van der Waals surface area (Å²) in [4.78, 5) is 26.2. The van der Waals surface area contributed by atoms with Crippen LogP contribution in [0.4, 0.5) is 5.69 Å². The number of hydrogen-bond donors (Lipinski definition) is 0. The molecule has 0 aromatic heterocycles. The van der Waals surface area contributed by atoms with E-state index in [1.165, 1.54) is 0 Å². The van der Waals surface area contributed by atoms with Crippen molar-refractivity contribution in [1.82, 2.24) is 0 Å². The molecule has 1 unspecified atom stereocenters. The maximum atomic E-state index is 12.7. The number of rotatable bonds is 3. The van der Waals surface area contributed by atoms with E-state index in [1.54, 1.807) is 0 Å². The minimum Gasteiger partial charge on any atom is -0.312 e. The highest BCUT2D eigenvalue weighted by Crippen LogP contribution is 2.44. The second kappa shape index (κ2) is 5.28. The average molecular weight is 285 g/mol. The second-order valence-corrected chi connectivity index (χ2v) is 6.99. The molecule has 1 aliphatic heterocycles. The molecule has 0 spiro atoms. The van der Waals surface area contributed by atoms with E-state index in [-0.39, 0.29) is 23.0 Å². The fourth-order valence-corrected chi connectivity index (χ4v) is 3.74. The first kappa shape index (κ1) is 14.3. The standard InChI is InChI=1S/C18H23NO2/c1-18(2)11-3-5-15(18)17(21)13-7-9-14(10-8-13)19-12-4-6-16(19)20/h7-10,15H,3-6,11-12H2,1-2H3. The second-order valence-electron chi connectivity index (χ2n) is 6.99. The highest BCUT2D eigenvalue weighted by molar-refractivity contribution is 6.00. The van der Waals surface area contributed by atoms with Gasteiger partial charge < -0.3 is 4.90 Å². The Hall–Kier alpha value is -1.64. The van der Waals surface area contributed by atoms with Gasteiger partial charge in [0.25, 0.3) is 0 Å². The van der Waals surface area contributed by atoms with Crippen LogP contribution in [0, 0.1) is 11.3 Å². The van der Waals surface area contributed by atoms with Crippen LogP contribution in [0.3, 0.4) is 0 Å². The summed E-state index contributed by atoms with van der Waals surface area (Å²) in [5.41, 5.74) is 1.81. The highest BCUT2D eigenvalue weighted by atomic mass is 16.2. The van der Waals surface area contributed by atoms with Crippen LogP contribution in [0.5, 0.6) is 0 Å². The van der Waals surface area contributed by atoms with Crippen molar-refractivity contribution in [2.45, 2.75) is 46.0 Å². The number of Topliss-reactive ketones (excluding diaryl/α,β-unsaturated/α-hetero) is 1. The predicted molar refractivity (Wildman–Crippen MR) is 83.5 cm³/mol. The number of ketones is 1. The topological polar surface area (TPSA) is 37.4 Å². The Morgan fingerprint density at radius 2 is 1.90 bits per heavy atom. The number of nitrogens with zero attached hydrogens (tertiary/aromatic N) is 1. The molecule has 1 aromatic carbocycles. The lowest BCUT2D eigenvalue weighted by molar-refractivity contribution is -0.117. The lowest BCUT2D eigenvalue weighted by Crippen LogP contribution is -2.26. The van der Waals surface area contributed by atoms with Crippen LogP contribution in [0.1, 0.15) is 56.3 Å². The van der Waals surface area contributed by atoms with Gasteiger partial charge in [0.2, 0.25) is 5.91 Å². The van der Waals surface area contributed by atoms with Crippen molar-refractivity contribution in [3.05, 3.63) is 29.8 Å². The van der Waals surface area contributed by atoms with Gasteiger partial charge in [0, 0.05) is 30.1 Å². The summed E-state index contributed by atoms with van der Waals surface area (Å²) in [5, 5.41) is 0. The van der Waals surface area contributed by atoms with Gasteiger partial charge in [-0.2, -0.15) is 0 Å². The molecule has 21 heavy (non-hydrogen) atoms. The van der Waals surface area contributed by atoms with E-state index in [9.17, 15) is 9.59 Å². The van der Waals surface area contributed by atoms with Gasteiger partial charge in [-0.25, -0.2) is 0 Å². The van der Waals surface area contributed by atoms with Crippen molar-refractivity contribution in [3.63, 3.8) is 0 Å². The third-order valence-corrected chi connectivity index (χ3v) is 5.11. The Morgan fingerprint density at radius 3 is 2.43 bits per heavy atom. The van der Waals surface area contributed by atoms with Crippen molar-refractivity contribution in [2.24, 2.45) is 11.3 Å². The number of carbonyl (C=O) groups excluding carboxylic acids is 2. The van der Waals surface area contributed by atoms with E-state index in [2.05, 4.69) is 13.8 Å². The summed E-state index contributed by atoms with van der Waals surface area (Å²) >= 11 is 0. The fraction of sp³-hybridized carbons (Fsp3) is 0.556. The van der Waals surface area contributed by atoms with Crippen LogP contribution in [0.25, 0.3) is 0 Å². The predicted octanol–water partition coefficient (Wildman–Crippen LogP) is 3.82.